The number of hydrogen-bond donors (Lipinski definition) is 1. The lowest BCUT2D eigenvalue weighted by atomic mass is 9.96. The molecule has 178 valence electrons. The van der Waals surface area contributed by atoms with Gasteiger partial charge in [0.05, 0.1) is 16.9 Å². The molecule has 8 nitrogen and oxygen atoms in total. The van der Waals surface area contributed by atoms with Gasteiger partial charge in [-0.25, -0.2) is 4.98 Å². The van der Waals surface area contributed by atoms with Gasteiger partial charge in [-0.2, -0.15) is 0 Å². The minimum atomic E-state index is -0.255. The zero-order chi connectivity index (χ0) is 24.1. The van der Waals surface area contributed by atoms with Crippen LogP contribution in [0.25, 0.3) is 10.9 Å². The molecule has 6 rings (SSSR count). The van der Waals surface area contributed by atoms with E-state index in [2.05, 4.69) is 31.9 Å². The molecule has 4 aromatic rings. The topological polar surface area (TPSA) is 75.4 Å². The first kappa shape index (κ1) is 21.5. The lowest BCUT2D eigenvalue weighted by Crippen LogP contribution is -2.51. The molecule has 1 atom stereocenters. The minimum Gasteiger partial charge on any atom is -0.353 e. The second-order valence-electron chi connectivity index (χ2n) is 9.24. The predicted octanol–water partition coefficient (Wildman–Crippen LogP) is 3.11. The van der Waals surface area contributed by atoms with Crippen LogP contribution in [-0.4, -0.2) is 51.0 Å². The highest BCUT2D eigenvalue weighted by Gasteiger charge is 2.42. The summed E-state index contributed by atoms with van der Waals surface area (Å²) in [4.78, 5) is 34.9. The van der Waals surface area contributed by atoms with Crippen molar-refractivity contribution in [2.45, 2.75) is 32.6 Å². The highest BCUT2D eigenvalue weighted by Crippen LogP contribution is 2.44. The molecule has 2 amide bonds. The van der Waals surface area contributed by atoms with E-state index < -0.39 is 0 Å². The van der Waals surface area contributed by atoms with Crippen LogP contribution in [0.15, 0.2) is 60.9 Å². The Morgan fingerprint density at radius 2 is 1.94 bits per heavy atom. The number of anilines is 1. The average molecular weight is 469 g/mol. The van der Waals surface area contributed by atoms with E-state index in [1.54, 1.807) is 6.20 Å². The maximum Gasteiger partial charge on any atom is 0.257 e. The third-order valence-corrected chi connectivity index (χ3v) is 7.30. The van der Waals surface area contributed by atoms with Crippen LogP contribution in [0.1, 0.15) is 33.6 Å². The smallest absolute Gasteiger partial charge is 0.257 e. The van der Waals surface area contributed by atoms with Crippen molar-refractivity contribution in [3.8, 4) is 0 Å². The number of nitrogens with one attached hydrogen (secondary N) is 1. The molecule has 0 bridgehead atoms. The van der Waals surface area contributed by atoms with Crippen molar-refractivity contribution in [2.24, 2.45) is 0 Å². The van der Waals surface area contributed by atoms with Crippen molar-refractivity contribution in [3.05, 3.63) is 83.6 Å². The van der Waals surface area contributed by atoms with Crippen LogP contribution in [0.4, 0.5) is 5.69 Å². The number of para-hydroxylation sites is 2. The van der Waals surface area contributed by atoms with Crippen LogP contribution >= 0.6 is 0 Å². The van der Waals surface area contributed by atoms with E-state index in [4.69, 9.17) is 0 Å². The third-order valence-electron chi connectivity index (χ3n) is 7.30. The Bertz CT molecular complexity index is 1450. The highest BCUT2D eigenvalue weighted by molar-refractivity contribution is 6.02. The number of carbonyl (C=O) groups is 2. The van der Waals surface area contributed by atoms with E-state index in [1.165, 1.54) is 5.56 Å². The Hall–Kier alpha value is -4.07. The first-order valence-corrected chi connectivity index (χ1v) is 12.0. The average Bonchev–Trinajstić information content (AvgIpc) is 3.43. The Labute approximate surface area is 203 Å². The Balaban J connectivity index is 1.36. The summed E-state index contributed by atoms with van der Waals surface area (Å²) in [5.74, 6) is 0.926. The van der Waals surface area contributed by atoms with Gasteiger partial charge in [0.1, 0.15) is 18.5 Å². The molecule has 0 saturated heterocycles. The van der Waals surface area contributed by atoms with Gasteiger partial charge in [0.15, 0.2) is 0 Å². The Morgan fingerprint density at radius 3 is 2.77 bits per heavy atom. The first-order valence-electron chi connectivity index (χ1n) is 12.0. The van der Waals surface area contributed by atoms with Crippen molar-refractivity contribution in [2.75, 3.05) is 25.0 Å². The number of benzene rings is 2. The van der Waals surface area contributed by atoms with Gasteiger partial charge in [-0.15, -0.1) is 0 Å². The van der Waals surface area contributed by atoms with E-state index in [1.807, 2.05) is 66.0 Å². The summed E-state index contributed by atoms with van der Waals surface area (Å²) in [6.45, 7) is 4.00. The summed E-state index contributed by atoms with van der Waals surface area (Å²) in [6, 6.07) is 16.0. The van der Waals surface area contributed by atoms with E-state index in [0.717, 1.165) is 40.1 Å². The number of carbonyl (C=O) groups excluding carboxylic acids is 2. The lowest BCUT2D eigenvalue weighted by molar-refractivity contribution is -0.121. The van der Waals surface area contributed by atoms with Crippen molar-refractivity contribution in [1.29, 1.82) is 0 Å². The molecule has 4 heterocycles. The van der Waals surface area contributed by atoms with Crippen LogP contribution in [0, 0.1) is 6.92 Å². The molecule has 0 saturated carbocycles. The largest absolute Gasteiger partial charge is 0.353 e. The molecule has 35 heavy (non-hydrogen) atoms. The summed E-state index contributed by atoms with van der Waals surface area (Å²) in [5.41, 5.74) is 4.93. The van der Waals surface area contributed by atoms with Crippen LogP contribution in [0.3, 0.4) is 0 Å². The zero-order valence-electron chi connectivity index (χ0n) is 19.9. The molecule has 0 unspecified atom stereocenters. The maximum absolute atomic E-state index is 13.4. The molecule has 2 aromatic carbocycles. The number of imidazole rings is 1. The quantitative estimate of drug-likeness (QED) is 0.488. The number of fused-ring (bicyclic) bond motifs is 6. The van der Waals surface area contributed by atoms with Gasteiger partial charge in [0.2, 0.25) is 5.91 Å². The minimum absolute atomic E-state index is 0.0475. The molecule has 8 heteroatoms. The van der Waals surface area contributed by atoms with E-state index in [0.29, 0.717) is 19.6 Å². The molecular formula is C27H28N6O2. The van der Waals surface area contributed by atoms with Crippen molar-refractivity contribution in [1.82, 2.24) is 24.3 Å². The highest BCUT2D eigenvalue weighted by atomic mass is 16.2. The molecule has 2 aliphatic heterocycles. The normalized spacial score (nSPS) is 16.7. The number of aromatic nitrogens is 3. The number of rotatable bonds is 5. The Morgan fingerprint density at radius 1 is 1.14 bits per heavy atom. The number of aryl methyl sites for hydroxylation is 1. The van der Waals surface area contributed by atoms with E-state index in [-0.39, 0.29) is 24.5 Å². The summed E-state index contributed by atoms with van der Waals surface area (Å²) in [6.07, 6.45) is 4.19. The van der Waals surface area contributed by atoms with Crippen LogP contribution in [0.2, 0.25) is 0 Å². The molecule has 2 aromatic heterocycles. The lowest BCUT2D eigenvalue weighted by Gasteiger charge is -2.46. The molecule has 0 fully saturated rings. The van der Waals surface area contributed by atoms with Crippen molar-refractivity contribution >= 4 is 28.4 Å². The fourth-order valence-electron chi connectivity index (χ4n) is 5.63. The van der Waals surface area contributed by atoms with E-state index >= 15 is 0 Å². The van der Waals surface area contributed by atoms with Gasteiger partial charge in [0.25, 0.3) is 5.91 Å². The summed E-state index contributed by atoms with van der Waals surface area (Å²) >= 11 is 0. The SMILES string of the molecule is Cc1nccn1CCNC(=O)Cn1c2c(c3ccccc31)CCN1C(=O)c3ccccc3N(C)[C@@H]21. The van der Waals surface area contributed by atoms with Gasteiger partial charge < -0.3 is 24.3 Å². The van der Waals surface area contributed by atoms with Gasteiger partial charge in [-0.05, 0) is 37.1 Å². The molecule has 1 N–H and O–H groups in total. The number of nitrogens with zero attached hydrogens (tertiary/aromatic N) is 5. The van der Waals surface area contributed by atoms with Crippen LogP contribution < -0.4 is 10.2 Å². The van der Waals surface area contributed by atoms with Gasteiger partial charge >= 0.3 is 0 Å². The van der Waals surface area contributed by atoms with Gasteiger partial charge in [-0.3, -0.25) is 9.59 Å². The van der Waals surface area contributed by atoms with Gasteiger partial charge in [-0.1, -0.05) is 30.3 Å². The van der Waals surface area contributed by atoms with Gasteiger partial charge in [0, 0.05) is 50.0 Å². The zero-order valence-corrected chi connectivity index (χ0v) is 19.9. The molecule has 0 aliphatic carbocycles. The summed E-state index contributed by atoms with van der Waals surface area (Å²) < 4.78 is 4.13. The molecule has 0 spiro atoms. The summed E-state index contributed by atoms with van der Waals surface area (Å²) in [5, 5.41) is 4.22. The van der Waals surface area contributed by atoms with Crippen molar-refractivity contribution < 1.29 is 9.59 Å². The fraction of sp³-hybridized carbons (Fsp3) is 0.296. The molecule has 2 aliphatic rings. The third kappa shape index (κ3) is 3.39. The second-order valence-corrected chi connectivity index (χ2v) is 9.24. The standard InChI is InChI=1S/C27H28N6O2/c1-18-28-12-15-31(18)16-13-29-24(34)17-33-23-10-6-3-7-19(23)20-11-14-32-26(25(20)33)30(2)22-9-5-4-8-21(22)27(32)35/h3-10,12,15,26H,11,13-14,16-17H2,1-2H3,(H,29,34)/t26-/m1/s1. The van der Waals surface area contributed by atoms with Crippen LogP contribution in [0.5, 0.6) is 0 Å². The maximum atomic E-state index is 13.4. The van der Waals surface area contributed by atoms with Crippen LogP contribution in [-0.2, 0) is 24.3 Å². The predicted molar refractivity (Wildman–Crippen MR) is 134 cm³/mol. The second kappa shape index (κ2) is 8.30. The molecule has 0 radical (unpaired) electrons. The Kier molecular flexibility index (Phi) is 5.09. The van der Waals surface area contributed by atoms with Crippen molar-refractivity contribution in [3.63, 3.8) is 0 Å². The number of hydrogen-bond acceptors (Lipinski definition) is 4. The number of amides is 2. The van der Waals surface area contributed by atoms with E-state index in [9.17, 15) is 9.59 Å². The molecular weight excluding hydrogens is 440 g/mol. The monoisotopic (exact) mass is 468 g/mol. The summed E-state index contributed by atoms with van der Waals surface area (Å²) in [7, 11) is 2.04. The fourth-order valence-corrected chi connectivity index (χ4v) is 5.63. The first-order chi connectivity index (χ1) is 17.0.